The fourth-order valence-corrected chi connectivity index (χ4v) is 4.25. The molecule has 0 radical (unpaired) electrons. The van der Waals surface area contributed by atoms with E-state index in [2.05, 4.69) is 18.0 Å². The van der Waals surface area contributed by atoms with Gasteiger partial charge in [-0.25, -0.2) is 0 Å². The molecule has 1 atom stereocenters. The van der Waals surface area contributed by atoms with Crippen LogP contribution in [0.1, 0.15) is 37.7 Å². The molecule has 0 saturated heterocycles. The van der Waals surface area contributed by atoms with Gasteiger partial charge in [0.05, 0.1) is 22.6 Å². The van der Waals surface area contributed by atoms with E-state index in [0.29, 0.717) is 17.0 Å². The molecule has 1 aliphatic carbocycles. The minimum Gasteiger partial charge on any atom is -0.352 e. The molecule has 0 bridgehead atoms. The second-order valence-electron chi connectivity index (χ2n) is 6.38. The molecule has 5 heteroatoms. The Morgan fingerprint density at radius 1 is 1.40 bits per heavy atom. The maximum atomic E-state index is 12.6. The van der Waals surface area contributed by atoms with Gasteiger partial charge in [0, 0.05) is 28.5 Å². The number of hydrogen-bond donors (Lipinski definition) is 1. The molecule has 3 rings (SSSR count). The highest BCUT2D eigenvalue weighted by Crippen LogP contribution is 2.44. The molecule has 0 spiro atoms. The number of dihydropyridines is 1. The molecule has 1 aromatic carbocycles. The van der Waals surface area contributed by atoms with E-state index < -0.39 is 0 Å². The average Bonchev–Trinajstić information content (AvgIpc) is 2.59. The number of allylic oxidation sites excluding steroid dienone is 3. The Kier molecular flexibility index (Phi) is 5.36. The quantitative estimate of drug-likeness (QED) is 0.751. The van der Waals surface area contributed by atoms with Crippen LogP contribution < -0.4 is 5.32 Å². The lowest BCUT2D eigenvalue weighted by Crippen LogP contribution is -2.31. The molecule has 1 heterocycles. The number of benzene rings is 1. The maximum Gasteiger partial charge on any atom is 0.161 e. The zero-order valence-electron chi connectivity index (χ0n) is 14.1. The number of nitriles is 1. The van der Waals surface area contributed by atoms with E-state index in [1.165, 1.54) is 0 Å². The van der Waals surface area contributed by atoms with Crippen molar-refractivity contribution in [1.82, 2.24) is 5.32 Å². The van der Waals surface area contributed by atoms with Crippen molar-refractivity contribution in [2.45, 2.75) is 32.1 Å². The number of Topliss-reactive ketones (excluding diaryl/α,β-unsaturated/α-hetero) is 1. The number of carbonyl (C=O) groups is 1. The average molecular weight is 371 g/mol. The Morgan fingerprint density at radius 3 is 2.76 bits per heavy atom. The summed E-state index contributed by atoms with van der Waals surface area (Å²) in [5, 5.41) is 14.7. The van der Waals surface area contributed by atoms with Crippen molar-refractivity contribution in [1.29, 1.82) is 5.26 Å². The summed E-state index contributed by atoms with van der Waals surface area (Å²) in [6.07, 6.45) is 2.22. The van der Waals surface area contributed by atoms with Crippen molar-refractivity contribution in [2.24, 2.45) is 0 Å². The van der Waals surface area contributed by atoms with Crippen molar-refractivity contribution in [3.63, 3.8) is 0 Å². The third kappa shape index (κ3) is 3.68. The predicted octanol–water partition coefficient (Wildman–Crippen LogP) is 5.08. The lowest BCUT2D eigenvalue weighted by molar-refractivity contribution is -0.116. The van der Waals surface area contributed by atoms with Gasteiger partial charge in [-0.15, -0.1) is 11.8 Å². The van der Waals surface area contributed by atoms with Gasteiger partial charge >= 0.3 is 0 Å². The van der Waals surface area contributed by atoms with E-state index >= 15 is 0 Å². The second-order valence-corrected chi connectivity index (χ2v) is 7.80. The summed E-state index contributed by atoms with van der Waals surface area (Å²) in [7, 11) is 0. The zero-order valence-corrected chi connectivity index (χ0v) is 15.6. The number of rotatable bonds is 4. The highest BCUT2D eigenvalue weighted by molar-refractivity contribution is 8.03. The third-order valence-corrected chi connectivity index (χ3v) is 5.83. The van der Waals surface area contributed by atoms with Crippen LogP contribution in [0.25, 0.3) is 0 Å². The van der Waals surface area contributed by atoms with Crippen molar-refractivity contribution in [2.75, 3.05) is 5.75 Å². The summed E-state index contributed by atoms with van der Waals surface area (Å²) in [6.45, 7) is 5.90. The number of nitrogens with zero attached hydrogens (tertiary/aromatic N) is 1. The largest absolute Gasteiger partial charge is 0.352 e. The molecule has 0 unspecified atom stereocenters. The highest BCUT2D eigenvalue weighted by Gasteiger charge is 2.36. The number of ketones is 1. The number of halogens is 1. The molecule has 3 nitrogen and oxygen atoms in total. The van der Waals surface area contributed by atoms with Gasteiger partial charge in [0.1, 0.15) is 0 Å². The molecule has 2 aliphatic rings. The number of nitrogens with one attached hydrogen (secondary N) is 1. The maximum absolute atomic E-state index is 12.6. The monoisotopic (exact) mass is 370 g/mol. The van der Waals surface area contributed by atoms with Gasteiger partial charge in [-0.05, 0) is 37.5 Å². The lowest BCUT2D eigenvalue weighted by Gasteiger charge is -2.33. The second kappa shape index (κ2) is 7.51. The topological polar surface area (TPSA) is 52.9 Å². The zero-order chi connectivity index (χ0) is 18.0. The van der Waals surface area contributed by atoms with E-state index in [1.807, 2.05) is 31.2 Å². The predicted molar refractivity (Wildman–Crippen MR) is 103 cm³/mol. The summed E-state index contributed by atoms with van der Waals surface area (Å²) >= 11 is 7.59. The van der Waals surface area contributed by atoms with E-state index in [4.69, 9.17) is 11.6 Å². The molecule has 25 heavy (non-hydrogen) atoms. The van der Waals surface area contributed by atoms with Crippen LogP contribution in [0.15, 0.2) is 58.3 Å². The lowest BCUT2D eigenvalue weighted by atomic mass is 9.77. The molecule has 1 aliphatic heterocycles. The normalized spacial score (nSPS) is 20.0. The SMILES string of the molecule is C=C(C)CSC1=C(C#N)[C@@H](c2ccc(Cl)cc2)C2=C(CCCC2=O)N1. The Balaban J connectivity index is 2.11. The van der Waals surface area contributed by atoms with Crippen LogP contribution in [-0.2, 0) is 4.79 Å². The summed E-state index contributed by atoms with van der Waals surface area (Å²) in [6, 6.07) is 9.77. The Hall–Kier alpha value is -1.96. The third-order valence-electron chi connectivity index (χ3n) is 4.33. The van der Waals surface area contributed by atoms with Crippen LogP contribution in [-0.4, -0.2) is 11.5 Å². The van der Waals surface area contributed by atoms with Gasteiger partial charge in [-0.2, -0.15) is 5.26 Å². The first-order valence-electron chi connectivity index (χ1n) is 8.21. The minimum atomic E-state index is -0.320. The molecule has 128 valence electrons. The molecule has 1 N–H and O–H groups in total. The fraction of sp³-hybridized carbons (Fsp3) is 0.300. The van der Waals surface area contributed by atoms with E-state index in [1.54, 1.807) is 11.8 Å². The molecule has 0 aromatic heterocycles. The van der Waals surface area contributed by atoms with Gasteiger partial charge in [0.2, 0.25) is 0 Å². The van der Waals surface area contributed by atoms with Gasteiger partial charge in [-0.3, -0.25) is 4.79 Å². The molecule has 0 amide bonds. The van der Waals surface area contributed by atoms with Gasteiger partial charge in [0.15, 0.2) is 5.78 Å². The molecular formula is C20H19ClN2OS. The van der Waals surface area contributed by atoms with Crippen LogP contribution in [0.5, 0.6) is 0 Å². The van der Waals surface area contributed by atoms with Crippen molar-refractivity contribution < 1.29 is 4.79 Å². The summed E-state index contributed by atoms with van der Waals surface area (Å²) in [4.78, 5) is 12.6. The molecule has 0 saturated carbocycles. The van der Waals surface area contributed by atoms with Gasteiger partial charge in [-0.1, -0.05) is 35.9 Å². The van der Waals surface area contributed by atoms with Crippen LogP contribution in [0, 0.1) is 11.3 Å². The van der Waals surface area contributed by atoms with Gasteiger partial charge in [0.25, 0.3) is 0 Å². The fourth-order valence-electron chi connectivity index (χ4n) is 3.22. The van der Waals surface area contributed by atoms with Crippen LogP contribution in [0.2, 0.25) is 5.02 Å². The summed E-state index contributed by atoms with van der Waals surface area (Å²) in [5.41, 5.74) is 4.27. The molecule has 0 fully saturated rings. The van der Waals surface area contributed by atoms with Crippen molar-refractivity contribution in [3.8, 4) is 6.07 Å². The molecule has 1 aromatic rings. The first kappa shape index (κ1) is 17.8. The summed E-state index contributed by atoms with van der Waals surface area (Å²) < 4.78 is 0. The standard InChI is InChI=1S/C20H19ClN2OS/c1-12(2)11-25-20-15(10-22)18(13-6-8-14(21)9-7-13)19-16(23-20)4-3-5-17(19)24/h6-9,18,23H,1,3-5,11H2,2H3/t18-/m1/s1. The van der Waals surface area contributed by atoms with Crippen molar-refractivity contribution >= 4 is 29.1 Å². The van der Waals surface area contributed by atoms with E-state index in [9.17, 15) is 10.1 Å². The first-order chi connectivity index (χ1) is 12.0. The van der Waals surface area contributed by atoms with Crippen LogP contribution in [0.4, 0.5) is 0 Å². The Morgan fingerprint density at radius 2 is 2.12 bits per heavy atom. The van der Waals surface area contributed by atoms with Gasteiger partial charge < -0.3 is 5.32 Å². The van der Waals surface area contributed by atoms with Crippen molar-refractivity contribution in [3.05, 3.63) is 68.9 Å². The first-order valence-corrected chi connectivity index (χ1v) is 9.57. The summed E-state index contributed by atoms with van der Waals surface area (Å²) in [5.74, 6) is 0.543. The number of thioether (sulfide) groups is 1. The smallest absolute Gasteiger partial charge is 0.161 e. The van der Waals surface area contributed by atoms with E-state index in [0.717, 1.165) is 46.0 Å². The number of hydrogen-bond acceptors (Lipinski definition) is 4. The molecular weight excluding hydrogens is 352 g/mol. The highest BCUT2D eigenvalue weighted by atomic mass is 35.5. The number of carbonyl (C=O) groups excluding carboxylic acids is 1. The Labute approximate surface area is 157 Å². The van der Waals surface area contributed by atoms with E-state index in [-0.39, 0.29) is 11.7 Å². The Bertz CT molecular complexity index is 830. The minimum absolute atomic E-state index is 0.130. The van der Waals surface area contributed by atoms with Crippen LogP contribution >= 0.6 is 23.4 Å². The van der Waals surface area contributed by atoms with Crippen LogP contribution in [0.3, 0.4) is 0 Å².